The Morgan fingerprint density at radius 2 is 2.15 bits per heavy atom. The van der Waals surface area contributed by atoms with Crippen LogP contribution >= 0.6 is 0 Å². The molecule has 3 nitrogen and oxygen atoms in total. The third kappa shape index (κ3) is 6.99. The van der Waals surface area contributed by atoms with Gasteiger partial charge in [-0.1, -0.05) is 6.92 Å². The van der Waals surface area contributed by atoms with E-state index in [4.69, 9.17) is 4.74 Å². The number of hydrogen-bond donors (Lipinski definition) is 1. The van der Waals surface area contributed by atoms with Crippen molar-refractivity contribution in [1.82, 2.24) is 10.2 Å². The van der Waals surface area contributed by atoms with Gasteiger partial charge in [0.05, 0.1) is 6.61 Å². The molecule has 0 rings (SSSR count). The predicted octanol–water partition coefficient (Wildman–Crippen LogP) is 0.953. The molecular weight excluding hydrogens is 164 g/mol. The fourth-order valence-electron chi connectivity index (χ4n) is 1.16. The van der Waals surface area contributed by atoms with Crippen LogP contribution in [0.2, 0.25) is 0 Å². The van der Waals surface area contributed by atoms with E-state index >= 15 is 0 Å². The van der Waals surface area contributed by atoms with Gasteiger partial charge in [0.1, 0.15) is 0 Å². The Labute approximate surface area is 82.4 Å². The summed E-state index contributed by atoms with van der Waals surface area (Å²) >= 11 is 0. The van der Waals surface area contributed by atoms with E-state index in [-0.39, 0.29) is 0 Å². The van der Waals surface area contributed by atoms with Crippen molar-refractivity contribution in [2.24, 2.45) is 0 Å². The van der Waals surface area contributed by atoms with Crippen molar-refractivity contribution < 1.29 is 4.74 Å². The van der Waals surface area contributed by atoms with Crippen LogP contribution in [0.3, 0.4) is 0 Å². The molecule has 0 aromatic rings. The third-order valence-electron chi connectivity index (χ3n) is 2.39. The fraction of sp³-hybridized carbons (Fsp3) is 1.00. The topological polar surface area (TPSA) is 24.5 Å². The van der Waals surface area contributed by atoms with Crippen molar-refractivity contribution in [2.45, 2.75) is 26.3 Å². The maximum Gasteiger partial charge on any atom is 0.0589 e. The average Bonchev–Trinajstić information content (AvgIpc) is 2.14. The number of nitrogens with zero attached hydrogens (tertiary/aromatic N) is 1. The van der Waals surface area contributed by atoms with Crippen molar-refractivity contribution in [3.05, 3.63) is 0 Å². The van der Waals surface area contributed by atoms with Gasteiger partial charge in [-0.3, -0.25) is 0 Å². The number of methoxy groups -OCH3 is 1. The molecule has 0 saturated carbocycles. The first-order valence-electron chi connectivity index (χ1n) is 5.12. The summed E-state index contributed by atoms with van der Waals surface area (Å²) in [5.74, 6) is 0. The Kier molecular flexibility index (Phi) is 8.40. The largest absolute Gasteiger partial charge is 0.383 e. The molecule has 0 aromatic heterocycles. The molecule has 0 bridgehead atoms. The first-order chi connectivity index (χ1) is 6.22. The predicted molar refractivity (Wildman–Crippen MR) is 57.1 cm³/mol. The van der Waals surface area contributed by atoms with Gasteiger partial charge in [0.25, 0.3) is 0 Å². The van der Waals surface area contributed by atoms with Crippen molar-refractivity contribution in [3.8, 4) is 0 Å². The molecule has 1 N–H and O–H groups in total. The van der Waals surface area contributed by atoms with Gasteiger partial charge in [-0.2, -0.15) is 0 Å². The van der Waals surface area contributed by atoms with E-state index < -0.39 is 0 Å². The van der Waals surface area contributed by atoms with Gasteiger partial charge in [-0.15, -0.1) is 0 Å². The SMILES string of the molecule is CCNCCC(C)N(C)CCOC. The molecule has 0 aliphatic rings. The lowest BCUT2D eigenvalue weighted by Crippen LogP contribution is -2.34. The summed E-state index contributed by atoms with van der Waals surface area (Å²) in [5.41, 5.74) is 0. The zero-order valence-electron chi connectivity index (χ0n) is 9.47. The summed E-state index contributed by atoms with van der Waals surface area (Å²) in [6.07, 6.45) is 1.20. The number of rotatable bonds is 8. The first kappa shape index (κ1) is 12.9. The molecule has 13 heavy (non-hydrogen) atoms. The maximum absolute atomic E-state index is 5.03. The standard InChI is InChI=1S/C10H24N2O/c1-5-11-7-6-10(2)12(3)8-9-13-4/h10-11H,5-9H2,1-4H3. The lowest BCUT2D eigenvalue weighted by Gasteiger charge is -2.24. The second-order valence-corrected chi connectivity index (χ2v) is 3.46. The van der Waals surface area contributed by atoms with Crippen molar-refractivity contribution in [2.75, 3.05) is 40.4 Å². The van der Waals surface area contributed by atoms with Gasteiger partial charge in [-0.25, -0.2) is 0 Å². The second-order valence-electron chi connectivity index (χ2n) is 3.46. The maximum atomic E-state index is 5.03. The molecule has 0 radical (unpaired) electrons. The molecule has 1 atom stereocenters. The summed E-state index contributed by atoms with van der Waals surface area (Å²) < 4.78 is 5.03. The van der Waals surface area contributed by atoms with E-state index in [2.05, 4.69) is 31.1 Å². The van der Waals surface area contributed by atoms with Crippen molar-refractivity contribution >= 4 is 0 Å². The van der Waals surface area contributed by atoms with E-state index in [9.17, 15) is 0 Å². The Balaban J connectivity index is 3.38. The average molecular weight is 188 g/mol. The highest BCUT2D eigenvalue weighted by Crippen LogP contribution is 1.99. The van der Waals surface area contributed by atoms with Crippen LogP contribution in [0, 0.1) is 0 Å². The molecule has 0 saturated heterocycles. The quantitative estimate of drug-likeness (QED) is 0.574. The minimum Gasteiger partial charge on any atom is -0.383 e. The Bertz CT molecular complexity index is 109. The van der Waals surface area contributed by atoms with Crippen LogP contribution in [0.1, 0.15) is 20.3 Å². The number of nitrogens with one attached hydrogen (secondary N) is 1. The van der Waals surface area contributed by atoms with Gasteiger partial charge in [0, 0.05) is 19.7 Å². The monoisotopic (exact) mass is 188 g/mol. The van der Waals surface area contributed by atoms with Crippen LogP contribution in [0.15, 0.2) is 0 Å². The second kappa shape index (κ2) is 8.48. The smallest absolute Gasteiger partial charge is 0.0589 e. The lowest BCUT2D eigenvalue weighted by molar-refractivity contribution is 0.140. The molecule has 3 heteroatoms. The number of likely N-dealkylation sites (N-methyl/N-ethyl adjacent to an activating group) is 1. The first-order valence-corrected chi connectivity index (χ1v) is 5.12. The van der Waals surface area contributed by atoms with Gasteiger partial charge in [-0.05, 0) is 33.5 Å². The van der Waals surface area contributed by atoms with Crippen LogP contribution in [0.5, 0.6) is 0 Å². The number of hydrogen-bond acceptors (Lipinski definition) is 3. The van der Waals surface area contributed by atoms with Crippen molar-refractivity contribution in [3.63, 3.8) is 0 Å². The Morgan fingerprint density at radius 1 is 1.46 bits per heavy atom. The summed E-state index contributed by atoms with van der Waals surface area (Å²) in [4.78, 5) is 2.33. The Morgan fingerprint density at radius 3 is 2.69 bits per heavy atom. The zero-order chi connectivity index (χ0) is 10.1. The van der Waals surface area contributed by atoms with E-state index in [1.807, 2.05) is 0 Å². The molecule has 80 valence electrons. The zero-order valence-corrected chi connectivity index (χ0v) is 9.47. The van der Waals surface area contributed by atoms with Crippen LogP contribution in [0.4, 0.5) is 0 Å². The fourth-order valence-corrected chi connectivity index (χ4v) is 1.16. The Hall–Kier alpha value is -0.120. The summed E-state index contributed by atoms with van der Waals surface area (Å²) in [6, 6.07) is 0.634. The molecule has 0 aliphatic heterocycles. The van der Waals surface area contributed by atoms with Gasteiger partial charge in [0.15, 0.2) is 0 Å². The van der Waals surface area contributed by atoms with Crippen molar-refractivity contribution in [1.29, 1.82) is 0 Å². The molecule has 1 unspecified atom stereocenters. The molecule has 0 heterocycles. The molecule has 0 spiro atoms. The molecule has 0 aromatic carbocycles. The van der Waals surface area contributed by atoms with Crippen LogP contribution in [-0.2, 0) is 4.74 Å². The van der Waals surface area contributed by atoms with Crippen LogP contribution < -0.4 is 5.32 Å². The molecule has 0 amide bonds. The van der Waals surface area contributed by atoms with E-state index in [0.717, 1.165) is 26.2 Å². The summed E-state index contributed by atoms with van der Waals surface area (Å²) in [7, 11) is 3.90. The molecular formula is C10H24N2O. The third-order valence-corrected chi connectivity index (χ3v) is 2.39. The van der Waals surface area contributed by atoms with Gasteiger partial charge >= 0.3 is 0 Å². The summed E-state index contributed by atoms with van der Waals surface area (Å²) in [6.45, 7) is 8.40. The highest BCUT2D eigenvalue weighted by atomic mass is 16.5. The van der Waals surface area contributed by atoms with Crippen LogP contribution in [0.25, 0.3) is 0 Å². The van der Waals surface area contributed by atoms with Gasteiger partial charge < -0.3 is 15.0 Å². The molecule has 0 aliphatic carbocycles. The minimum absolute atomic E-state index is 0.634. The molecule has 0 fully saturated rings. The van der Waals surface area contributed by atoms with Crippen LogP contribution in [-0.4, -0.2) is 51.3 Å². The summed E-state index contributed by atoms with van der Waals surface area (Å²) in [5, 5.41) is 3.33. The van der Waals surface area contributed by atoms with E-state index in [1.54, 1.807) is 7.11 Å². The normalized spacial score (nSPS) is 13.6. The lowest BCUT2D eigenvalue weighted by atomic mass is 10.2. The number of ether oxygens (including phenoxy) is 1. The van der Waals surface area contributed by atoms with E-state index in [1.165, 1.54) is 6.42 Å². The van der Waals surface area contributed by atoms with Gasteiger partial charge in [0.2, 0.25) is 0 Å². The highest BCUT2D eigenvalue weighted by molar-refractivity contribution is 4.64. The highest BCUT2D eigenvalue weighted by Gasteiger charge is 2.07. The van der Waals surface area contributed by atoms with E-state index in [0.29, 0.717) is 6.04 Å². The minimum atomic E-state index is 0.634.